The Morgan fingerprint density at radius 2 is 1.43 bits per heavy atom. The van der Waals surface area contributed by atoms with E-state index in [1.165, 1.54) is 0 Å². The molecule has 2 aromatic carbocycles. The van der Waals surface area contributed by atoms with Crippen molar-refractivity contribution in [2.75, 3.05) is 6.54 Å². The van der Waals surface area contributed by atoms with Crippen LogP contribution in [0.5, 0.6) is 0 Å². The molecule has 0 radical (unpaired) electrons. The highest BCUT2D eigenvalue weighted by Gasteiger charge is 2.25. The first-order chi connectivity index (χ1) is 9.93. The predicted molar refractivity (Wildman–Crippen MR) is 68.2 cm³/mol. The van der Waals surface area contributed by atoms with Crippen LogP contribution in [0.15, 0.2) is 30.3 Å². The summed E-state index contributed by atoms with van der Waals surface area (Å²) in [5, 5.41) is 2.71. The first kappa shape index (κ1) is 15.4. The largest absolute Gasteiger partial charge is 0.306 e. The highest BCUT2D eigenvalue weighted by atomic mass is 19.2. The number of rotatable bonds is 4. The van der Waals surface area contributed by atoms with Crippen molar-refractivity contribution in [2.45, 2.75) is 13.0 Å². The van der Waals surface area contributed by atoms with E-state index in [0.29, 0.717) is 18.2 Å². The number of halogens is 5. The predicted octanol–water partition coefficient (Wildman–Crippen LogP) is 4.08. The molecule has 0 aliphatic heterocycles. The Labute approximate surface area is 118 Å². The molecule has 0 saturated heterocycles. The fourth-order valence-corrected chi connectivity index (χ4v) is 2.14. The molecule has 0 aliphatic carbocycles. The van der Waals surface area contributed by atoms with Crippen LogP contribution in [-0.2, 0) is 0 Å². The maximum absolute atomic E-state index is 13.9. The summed E-state index contributed by atoms with van der Waals surface area (Å²) >= 11 is 0. The maximum Gasteiger partial charge on any atom is 0.134 e. The van der Waals surface area contributed by atoms with Gasteiger partial charge in [0, 0.05) is 29.3 Å². The Kier molecular flexibility index (Phi) is 4.57. The molecule has 1 nitrogen and oxygen atoms in total. The van der Waals surface area contributed by atoms with Gasteiger partial charge in [0.15, 0.2) is 0 Å². The molecular weight excluding hydrogens is 289 g/mol. The lowest BCUT2D eigenvalue weighted by atomic mass is 9.97. The molecule has 0 bridgehead atoms. The van der Waals surface area contributed by atoms with Gasteiger partial charge in [-0.15, -0.1) is 0 Å². The standard InChI is InChI=1S/C15H12F5N/c1-2-21-15(10-4-3-8(16)5-11(10)18)14-12(19)6-9(17)7-13(14)20/h3-7,15,21H,2H2,1H3. The Morgan fingerprint density at radius 1 is 0.857 bits per heavy atom. The van der Waals surface area contributed by atoms with Gasteiger partial charge in [-0.2, -0.15) is 0 Å². The molecule has 0 amide bonds. The van der Waals surface area contributed by atoms with Crippen molar-refractivity contribution >= 4 is 0 Å². The molecule has 0 spiro atoms. The summed E-state index contributed by atoms with van der Waals surface area (Å²) in [7, 11) is 0. The van der Waals surface area contributed by atoms with Crippen molar-refractivity contribution in [1.82, 2.24) is 5.32 Å². The molecule has 1 N–H and O–H groups in total. The first-order valence-corrected chi connectivity index (χ1v) is 6.26. The van der Waals surface area contributed by atoms with Crippen LogP contribution >= 0.6 is 0 Å². The molecule has 0 aliphatic rings. The van der Waals surface area contributed by atoms with E-state index in [-0.39, 0.29) is 12.1 Å². The Morgan fingerprint density at radius 3 is 1.95 bits per heavy atom. The van der Waals surface area contributed by atoms with Crippen molar-refractivity contribution in [3.63, 3.8) is 0 Å². The summed E-state index contributed by atoms with van der Waals surface area (Å²) in [5.74, 6) is -5.08. The second-order valence-corrected chi connectivity index (χ2v) is 4.44. The quantitative estimate of drug-likeness (QED) is 0.839. The molecule has 0 heterocycles. The van der Waals surface area contributed by atoms with E-state index in [9.17, 15) is 22.0 Å². The SMILES string of the molecule is CCNC(c1ccc(F)cc1F)c1c(F)cc(F)cc1F. The number of nitrogens with one attached hydrogen (secondary N) is 1. The van der Waals surface area contributed by atoms with Gasteiger partial charge in [-0.05, 0) is 12.6 Å². The van der Waals surface area contributed by atoms with Gasteiger partial charge < -0.3 is 5.32 Å². The molecule has 0 aromatic heterocycles. The minimum absolute atomic E-state index is 0.123. The van der Waals surface area contributed by atoms with Crippen molar-refractivity contribution < 1.29 is 22.0 Å². The Balaban J connectivity index is 2.59. The molecule has 1 unspecified atom stereocenters. The van der Waals surface area contributed by atoms with Gasteiger partial charge in [0.2, 0.25) is 0 Å². The Hall–Kier alpha value is -1.95. The number of hydrogen-bond acceptors (Lipinski definition) is 1. The van der Waals surface area contributed by atoms with Gasteiger partial charge in [0.1, 0.15) is 29.1 Å². The van der Waals surface area contributed by atoms with E-state index in [4.69, 9.17) is 0 Å². The molecule has 1 atom stereocenters. The third-order valence-electron chi connectivity index (χ3n) is 3.01. The molecule has 0 saturated carbocycles. The van der Waals surface area contributed by atoms with E-state index in [1.54, 1.807) is 6.92 Å². The summed E-state index contributed by atoms with van der Waals surface area (Å²) in [6.45, 7) is 1.94. The summed E-state index contributed by atoms with van der Waals surface area (Å²) in [6.07, 6.45) is 0. The van der Waals surface area contributed by atoms with E-state index in [0.717, 1.165) is 12.1 Å². The zero-order valence-electron chi connectivity index (χ0n) is 11.1. The zero-order chi connectivity index (χ0) is 15.6. The lowest BCUT2D eigenvalue weighted by molar-refractivity contribution is 0.479. The second-order valence-electron chi connectivity index (χ2n) is 4.44. The van der Waals surface area contributed by atoms with Crippen molar-refractivity contribution in [1.29, 1.82) is 0 Å². The molecule has 6 heteroatoms. The second kappa shape index (κ2) is 6.22. The molecule has 0 fully saturated rings. The minimum Gasteiger partial charge on any atom is -0.306 e. The number of benzene rings is 2. The summed E-state index contributed by atoms with van der Waals surface area (Å²) in [6, 6.07) is 2.56. The fourth-order valence-electron chi connectivity index (χ4n) is 2.14. The normalized spacial score (nSPS) is 12.5. The van der Waals surface area contributed by atoms with Crippen molar-refractivity contribution in [2.24, 2.45) is 0 Å². The molecule has 21 heavy (non-hydrogen) atoms. The third-order valence-corrected chi connectivity index (χ3v) is 3.01. The van der Waals surface area contributed by atoms with Crippen LogP contribution in [0, 0.1) is 29.1 Å². The summed E-state index contributed by atoms with van der Waals surface area (Å²) in [5.41, 5.74) is -0.633. The zero-order valence-corrected chi connectivity index (χ0v) is 11.1. The molecule has 2 rings (SSSR count). The van der Waals surface area contributed by atoms with Gasteiger partial charge in [-0.3, -0.25) is 0 Å². The van der Waals surface area contributed by atoms with Crippen LogP contribution in [0.4, 0.5) is 22.0 Å². The van der Waals surface area contributed by atoms with Crippen molar-refractivity contribution in [3.05, 3.63) is 70.5 Å². The molecular formula is C15H12F5N. The smallest absolute Gasteiger partial charge is 0.134 e. The first-order valence-electron chi connectivity index (χ1n) is 6.26. The van der Waals surface area contributed by atoms with E-state index in [1.807, 2.05) is 0 Å². The maximum atomic E-state index is 13.9. The third kappa shape index (κ3) is 3.21. The monoisotopic (exact) mass is 301 g/mol. The van der Waals surface area contributed by atoms with Crippen LogP contribution in [0.1, 0.15) is 24.1 Å². The fraction of sp³-hybridized carbons (Fsp3) is 0.200. The Bertz CT molecular complexity index is 634. The average Bonchev–Trinajstić information content (AvgIpc) is 2.37. The van der Waals surface area contributed by atoms with Gasteiger partial charge >= 0.3 is 0 Å². The summed E-state index contributed by atoms with van der Waals surface area (Å²) in [4.78, 5) is 0. The van der Waals surface area contributed by atoms with E-state index >= 15 is 0 Å². The van der Waals surface area contributed by atoms with Crippen LogP contribution in [-0.4, -0.2) is 6.54 Å². The van der Waals surface area contributed by atoms with Gasteiger partial charge in [-0.1, -0.05) is 13.0 Å². The topological polar surface area (TPSA) is 12.0 Å². The highest BCUT2D eigenvalue weighted by molar-refractivity contribution is 5.35. The van der Waals surface area contributed by atoms with Crippen molar-refractivity contribution in [3.8, 4) is 0 Å². The van der Waals surface area contributed by atoms with Crippen LogP contribution < -0.4 is 5.32 Å². The van der Waals surface area contributed by atoms with Crippen LogP contribution in [0.25, 0.3) is 0 Å². The van der Waals surface area contributed by atoms with Crippen LogP contribution in [0.3, 0.4) is 0 Å². The number of hydrogen-bond donors (Lipinski definition) is 1. The lowest BCUT2D eigenvalue weighted by Crippen LogP contribution is -2.25. The van der Waals surface area contributed by atoms with E-state index in [2.05, 4.69) is 5.32 Å². The molecule has 112 valence electrons. The lowest BCUT2D eigenvalue weighted by Gasteiger charge is -2.20. The van der Waals surface area contributed by atoms with Gasteiger partial charge in [-0.25, -0.2) is 22.0 Å². The van der Waals surface area contributed by atoms with Gasteiger partial charge in [0.25, 0.3) is 0 Å². The highest BCUT2D eigenvalue weighted by Crippen LogP contribution is 2.29. The summed E-state index contributed by atoms with van der Waals surface area (Å²) < 4.78 is 67.5. The average molecular weight is 301 g/mol. The van der Waals surface area contributed by atoms with Gasteiger partial charge in [0.05, 0.1) is 6.04 Å². The van der Waals surface area contributed by atoms with E-state index < -0.39 is 40.7 Å². The minimum atomic E-state index is -1.18. The van der Waals surface area contributed by atoms with Crippen LogP contribution in [0.2, 0.25) is 0 Å². The molecule has 2 aromatic rings.